The normalized spacial score (nSPS) is 19.5. The van der Waals surface area contributed by atoms with Crippen molar-refractivity contribution in [3.63, 3.8) is 0 Å². The van der Waals surface area contributed by atoms with E-state index in [0.717, 1.165) is 58.6 Å². The number of carbonyl (C=O) groups is 1. The van der Waals surface area contributed by atoms with E-state index < -0.39 is 12.3 Å². The highest BCUT2D eigenvalue weighted by atomic mass is 35.5. The topological polar surface area (TPSA) is 77.5 Å². The van der Waals surface area contributed by atoms with E-state index in [1.165, 1.54) is 0 Å². The Hall–Kier alpha value is -2.74. The minimum absolute atomic E-state index is 0. The fourth-order valence-corrected chi connectivity index (χ4v) is 5.26. The minimum Gasteiger partial charge on any atom is -0.493 e. The molecule has 0 unspecified atom stereocenters. The van der Waals surface area contributed by atoms with Gasteiger partial charge in [0.1, 0.15) is 5.75 Å². The summed E-state index contributed by atoms with van der Waals surface area (Å²) in [5, 5.41) is 15.2. The van der Waals surface area contributed by atoms with Gasteiger partial charge >= 0.3 is 6.16 Å². The van der Waals surface area contributed by atoms with Crippen LogP contribution in [0, 0.1) is 0 Å². The molecule has 0 radical (unpaired) electrons. The first-order valence-electron chi connectivity index (χ1n) is 11.0. The maximum Gasteiger partial charge on any atom is 0.513 e. The molecule has 7 nitrogen and oxygen atoms in total. The molecule has 5 rings (SSSR count). The molecule has 0 bridgehead atoms. The summed E-state index contributed by atoms with van der Waals surface area (Å²) in [6.45, 7) is 3.74. The third-order valence-corrected chi connectivity index (χ3v) is 6.64. The van der Waals surface area contributed by atoms with Crippen LogP contribution < -0.4 is 14.2 Å². The molecule has 1 saturated heterocycles. The van der Waals surface area contributed by atoms with Crippen LogP contribution in [0.2, 0.25) is 0 Å². The Labute approximate surface area is 198 Å². The van der Waals surface area contributed by atoms with Crippen LogP contribution in [0.5, 0.6) is 17.2 Å². The highest BCUT2D eigenvalue weighted by Crippen LogP contribution is 2.47. The van der Waals surface area contributed by atoms with Crippen LogP contribution in [0.25, 0.3) is 21.5 Å². The van der Waals surface area contributed by atoms with Gasteiger partial charge in [-0.25, -0.2) is 4.79 Å². The number of halogens is 1. The molecule has 0 aromatic heterocycles. The predicted octanol–water partition coefficient (Wildman–Crippen LogP) is 4.98. The van der Waals surface area contributed by atoms with Crippen LogP contribution in [0.4, 0.5) is 4.79 Å². The standard InChI is InChI=1S/C25H27NO6.ClH/c1-4-31-25(28)32-14-7-8-15-16(10-14)17-11-21(29-2)22(30-3)12-18(17)19-13-26-9-5-6-20(26)24(27)23(15)19;/h7-8,10-12,20,24,27H,4-6,9,13H2,1-3H3;1H/t20-,24+;/m0./s1. The lowest BCUT2D eigenvalue weighted by Crippen LogP contribution is -2.39. The average Bonchev–Trinajstić information content (AvgIpc) is 3.27. The van der Waals surface area contributed by atoms with Crippen molar-refractivity contribution in [3.8, 4) is 17.2 Å². The number of aliphatic hydroxyl groups is 1. The molecule has 2 heterocycles. The number of rotatable bonds is 4. The zero-order valence-electron chi connectivity index (χ0n) is 18.9. The Morgan fingerprint density at radius 1 is 1.06 bits per heavy atom. The fraction of sp³-hybridized carbons (Fsp3) is 0.400. The van der Waals surface area contributed by atoms with Gasteiger partial charge in [0.2, 0.25) is 0 Å². The fourth-order valence-electron chi connectivity index (χ4n) is 5.26. The number of hydrogen-bond acceptors (Lipinski definition) is 7. The van der Waals surface area contributed by atoms with Crippen molar-refractivity contribution >= 4 is 40.1 Å². The van der Waals surface area contributed by atoms with E-state index in [1.54, 1.807) is 27.2 Å². The second kappa shape index (κ2) is 9.25. The van der Waals surface area contributed by atoms with Gasteiger partial charge in [0, 0.05) is 12.6 Å². The molecular weight excluding hydrogens is 446 g/mol. The molecule has 176 valence electrons. The van der Waals surface area contributed by atoms with Gasteiger partial charge in [0.15, 0.2) is 11.5 Å². The van der Waals surface area contributed by atoms with Crippen LogP contribution in [-0.4, -0.2) is 49.6 Å². The van der Waals surface area contributed by atoms with E-state index in [-0.39, 0.29) is 25.1 Å². The summed E-state index contributed by atoms with van der Waals surface area (Å²) in [4.78, 5) is 14.2. The van der Waals surface area contributed by atoms with Crippen molar-refractivity contribution in [1.82, 2.24) is 4.90 Å². The van der Waals surface area contributed by atoms with Gasteiger partial charge in [0.05, 0.1) is 26.9 Å². The molecule has 0 amide bonds. The smallest absolute Gasteiger partial charge is 0.493 e. The van der Waals surface area contributed by atoms with E-state index in [4.69, 9.17) is 18.9 Å². The second-order valence-corrected chi connectivity index (χ2v) is 8.26. The maximum absolute atomic E-state index is 11.9. The van der Waals surface area contributed by atoms with Gasteiger partial charge in [-0.15, -0.1) is 12.4 Å². The Balaban J connectivity index is 0.00000259. The molecule has 3 aromatic carbocycles. The summed E-state index contributed by atoms with van der Waals surface area (Å²) in [5.74, 6) is 1.65. The van der Waals surface area contributed by atoms with Crippen molar-refractivity contribution < 1.29 is 28.8 Å². The first-order chi connectivity index (χ1) is 15.5. The second-order valence-electron chi connectivity index (χ2n) is 8.26. The molecule has 2 aliphatic rings. The molecular formula is C25H28ClNO6. The van der Waals surface area contributed by atoms with Crippen molar-refractivity contribution in [1.29, 1.82) is 0 Å². The summed E-state index contributed by atoms with van der Waals surface area (Å²) in [5.41, 5.74) is 2.06. The number of carbonyl (C=O) groups excluding carboxylic acids is 1. The van der Waals surface area contributed by atoms with E-state index in [9.17, 15) is 9.90 Å². The van der Waals surface area contributed by atoms with Crippen LogP contribution in [0.3, 0.4) is 0 Å². The zero-order valence-corrected chi connectivity index (χ0v) is 19.7. The van der Waals surface area contributed by atoms with Crippen LogP contribution in [0.1, 0.15) is 37.0 Å². The largest absolute Gasteiger partial charge is 0.513 e. The Morgan fingerprint density at radius 2 is 1.76 bits per heavy atom. The molecule has 33 heavy (non-hydrogen) atoms. The highest BCUT2D eigenvalue weighted by Gasteiger charge is 2.39. The van der Waals surface area contributed by atoms with E-state index in [2.05, 4.69) is 4.90 Å². The lowest BCUT2D eigenvalue weighted by Gasteiger charge is -2.37. The molecule has 1 fully saturated rings. The van der Waals surface area contributed by atoms with Gasteiger partial charge in [-0.3, -0.25) is 4.90 Å². The Bertz CT molecular complexity index is 1210. The van der Waals surface area contributed by atoms with Gasteiger partial charge in [-0.2, -0.15) is 0 Å². The summed E-state index contributed by atoms with van der Waals surface area (Å²) in [6, 6.07) is 9.56. The van der Waals surface area contributed by atoms with Crippen molar-refractivity contribution in [2.75, 3.05) is 27.4 Å². The molecule has 0 spiro atoms. The van der Waals surface area contributed by atoms with Gasteiger partial charge < -0.3 is 24.1 Å². The third kappa shape index (κ3) is 3.84. The lowest BCUT2D eigenvalue weighted by atomic mass is 9.83. The molecule has 0 saturated carbocycles. The van der Waals surface area contributed by atoms with Crippen molar-refractivity contribution in [2.45, 2.75) is 38.5 Å². The molecule has 3 aromatic rings. The highest BCUT2D eigenvalue weighted by molar-refractivity contribution is 6.12. The van der Waals surface area contributed by atoms with E-state index in [0.29, 0.717) is 17.2 Å². The number of benzene rings is 3. The maximum atomic E-state index is 11.9. The SMILES string of the molecule is CCOC(=O)Oc1ccc2c3c(c4cc(OC)c(OC)cc4c2c1)CN1CCC[C@H]1[C@H]3O.Cl. The first-order valence-corrected chi connectivity index (χ1v) is 11.0. The summed E-state index contributed by atoms with van der Waals surface area (Å²) < 4.78 is 21.4. The average molecular weight is 474 g/mol. The lowest BCUT2D eigenvalue weighted by molar-refractivity contribution is 0.0552. The quantitative estimate of drug-likeness (QED) is 0.325. The summed E-state index contributed by atoms with van der Waals surface area (Å²) in [6.07, 6.45) is 0.740. The van der Waals surface area contributed by atoms with Crippen molar-refractivity contribution in [3.05, 3.63) is 41.5 Å². The number of fused-ring (bicyclic) bond motifs is 7. The number of hydrogen-bond donors (Lipinski definition) is 1. The van der Waals surface area contributed by atoms with Crippen LogP contribution in [0.15, 0.2) is 30.3 Å². The zero-order chi connectivity index (χ0) is 22.4. The molecule has 2 aliphatic heterocycles. The van der Waals surface area contributed by atoms with Gasteiger partial charge in [-0.1, -0.05) is 6.07 Å². The molecule has 2 atom stereocenters. The molecule has 0 aliphatic carbocycles. The van der Waals surface area contributed by atoms with E-state index >= 15 is 0 Å². The number of aliphatic hydroxyl groups excluding tert-OH is 1. The third-order valence-electron chi connectivity index (χ3n) is 6.64. The number of nitrogens with zero attached hydrogens (tertiary/aromatic N) is 1. The van der Waals surface area contributed by atoms with E-state index in [1.807, 2.05) is 24.3 Å². The first kappa shape index (κ1) is 23.4. The van der Waals surface area contributed by atoms with Gasteiger partial charge in [-0.05, 0) is 83.2 Å². The van der Waals surface area contributed by atoms with Crippen LogP contribution in [-0.2, 0) is 11.3 Å². The van der Waals surface area contributed by atoms with Gasteiger partial charge in [0.25, 0.3) is 0 Å². The summed E-state index contributed by atoms with van der Waals surface area (Å²) in [7, 11) is 3.23. The molecule has 1 N–H and O–H groups in total. The Morgan fingerprint density at radius 3 is 2.45 bits per heavy atom. The Kier molecular flexibility index (Phi) is 6.56. The van der Waals surface area contributed by atoms with Crippen molar-refractivity contribution in [2.24, 2.45) is 0 Å². The monoisotopic (exact) mass is 473 g/mol. The van der Waals surface area contributed by atoms with Crippen LogP contribution >= 0.6 is 12.4 Å². The number of ether oxygens (including phenoxy) is 4. The molecule has 8 heteroatoms. The minimum atomic E-state index is -0.741. The predicted molar refractivity (Wildman–Crippen MR) is 128 cm³/mol. The summed E-state index contributed by atoms with van der Waals surface area (Å²) >= 11 is 0. The number of methoxy groups -OCH3 is 2.